The van der Waals surface area contributed by atoms with Gasteiger partial charge in [-0.15, -0.1) is 0 Å². The summed E-state index contributed by atoms with van der Waals surface area (Å²) in [6.07, 6.45) is -0.651. The maximum absolute atomic E-state index is 12.7. The monoisotopic (exact) mass is 487 g/mol. The SMILES string of the molecule is CC(C)(C)COS(=O)(=O)Oc1ccc(C[C@H](NC(=O)OC(C)(C)C)C(=O)OC(C)(C)C)cc1. The molecule has 1 aromatic rings. The molecule has 0 saturated carbocycles. The first kappa shape index (κ1) is 28.7. The van der Waals surface area contributed by atoms with Crippen LogP contribution >= 0.6 is 0 Å². The van der Waals surface area contributed by atoms with Crippen molar-refractivity contribution in [1.29, 1.82) is 0 Å². The lowest BCUT2D eigenvalue weighted by atomic mass is 9.99. The number of ether oxygens (including phenoxy) is 2. The maximum Gasteiger partial charge on any atom is 0.449 e. The van der Waals surface area contributed by atoms with Gasteiger partial charge in [0, 0.05) is 6.42 Å². The second-order valence-corrected chi connectivity index (χ2v) is 12.1. The molecule has 0 radical (unpaired) electrons. The molecular weight excluding hydrogens is 450 g/mol. The third kappa shape index (κ3) is 13.1. The van der Waals surface area contributed by atoms with Crippen LogP contribution in [-0.2, 0) is 35.3 Å². The lowest BCUT2D eigenvalue weighted by Gasteiger charge is -2.26. The lowest BCUT2D eigenvalue weighted by Crippen LogP contribution is -2.47. The topological polar surface area (TPSA) is 117 Å². The molecule has 0 aliphatic carbocycles. The molecule has 188 valence electrons. The molecule has 1 N–H and O–H groups in total. The molecule has 0 bridgehead atoms. The molecular formula is C23H37NO8S. The van der Waals surface area contributed by atoms with Crippen molar-refractivity contribution >= 4 is 22.5 Å². The molecule has 0 aromatic heterocycles. The molecule has 9 nitrogen and oxygen atoms in total. The number of hydrogen-bond acceptors (Lipinski definition) is 8. The van der Waals surface area contributed by atoms with E-state index in [4.69, 9.17) is 17.8 Å². The Hall–Kier alpha value is -2.33. The van der Waals surface area contributed by atoms with Crippen LogP contribution in [0.1, 0.15) is 67.9 Å². The predicted octanol–water partition coefficient (Wildman–Crippen LogP) is 4.15. The summed E-state index contributed by atoms with van der Waals surface area (Å²) in [5, 5.41) is 2.55. The molecule has 1 aromatic carbocycles. The Kier molecular flexibility index (Phi) is 9.33. The van der Waals surface area contributed by atoms with Crippen molar-refractivity contribution in [2.24, 2.45) is 5.41 Å². The number of hydrogen-bond donors (Lipinski definition) is 1. The quantitative estimate of drug-likeness (QED) is 0.544. The van der Waals surface area contributed by atoms with Gasteiger partial charge >= 0.3 is 22.5 Å². The van der Waals surface area contributed by atoms with Crippen molar-refractivity contribution in [3.63, 3.8) is 0 Å². The molecule has 0 spiro atoms. The van der Waals surface area contributed by atoms with Crippen LogP contribution in [-0.4, -0.2) is 44.3 Å². The number of carbonyl (C=O) groups excluding carboxylic acids is 2. The van der Waals surface area contributed by atoms with Gasteiger partial charge in [-0.1, -0.05) is 32.9 Å². The Balaban J connectivity index is 2.92. The smallest absolute Gasteiger partial charge is 0.449 e. The summed E-state index contributed by atoms with van der Waals surface area (Å²) in [7, 11) is -4.22. The van der Waals surface area contributed by atoms with Crippen LogP contribution in [0.2, 0.25) is 0 Å². The Morgan fingerprint density at radius 1 is 0.879 bits per heavy atom. The van der Waals surface area contributed by atoms with E-state index in [9.17, 15) is 18.0 Å². The molecule has 1 rings (SSSR count). The van der Waals surface area contributed by atoms with Crippen molar-refractivity contribution in [2.45, 2.75) is 86.0 Å². The summed E-state index contributed by atoms with van der Waals surface area (Å²) in [6, 6.07) is 5.04. The first-order valence-electron chi connectivity index (χ1n) is 10.6. The van der Waals surface area contributed by atoms with Crippen LogP contribution in [0.3, 0.4) is 0 Å². The molecule has 0 heterocycles. The second-order valence-electron chi connectivity index (χ2n) is 10.9. The van der Waals surface area contributed by atoms with Gasteiger partial charge in [0.05, 0.1) is 6.61 Å². The van der Waals surface area contributed by atoms with E-state index in [1.165, 1.54) is 12.1 Å². The molecule has 33 heavy (non-hydrogen) atoms. The van der Waals surface area contributed by atoms with Crippen LogP contribution in [0, 0.1) is 5.41 Å². The van der Waals surface area contributed by atoms with E-state index in [2.05, 4.69) is 5.32 Å². The normalized spacial score (nSPS) is 13.7. The summed E-state index contributed by atoms with van der Waals surface area (Å²) in [5.41, 5.74) is -1.19. The first-order valence-corrected chi connectivity index (χ1v) is 12.0. The van der Waals surface area contributed by atoms with Crippen molar-refractivity contribution in [3.8, 4) is 5.75 Å². The highest BCUT2D eigenvalue weighted by Crippen LogP contribution is 2.20. The molecule has 0 fully saturated rings. The Bertz CT molecular complexity index is 904. The fourth-order valence-corrected chi connectivity index (χ4v) is 3.22. The maximum atomic E-state index is 12.7. The summed E-state index contributed by atoms with van der Waals surface area (Å²) in [5.74, 6) is -0.562. The zero-order valence-corrected chi connectivity index (χ0v) is 21.8. The minimum absolute atomic E-state index is 0.0265. The molecule has 0 unspecified atom stereocenters. The van der Waals surface area contributed by atoms with Gasteiger partial charge in [0.25, 0.3) is 0 Å². The highest BCUT2D eigenvalue weighted by Gasteiger charge is 2.29. The second kappa shape index (κ2) is 10.7. The number of rotatable bonds is 8. The van der Waals surface area contributed by atoms with Gasteiger partial charge in [0.1, 0.15) is 23.0 Å². The van der Waals surface area contributed by atoms with E-state index in [-0.39, 0.29) is 24.2 Å². The van der Waals surface area contributed by atoms with Gasteiger partial charge in [-0.25, -0.2) is 13.8 Å². The van der Waals surface area contributed by atoms with E-state index in [1.54, 1.807) is 53.7 Å². The van der Waals surface area contributed by atoms with Gasteiger partial charge in [-0.3, -0.25) is 0 Å². The minimum atomic E-state index is -4.22. The molecule has 1 amide bonds. The van der Waals surface area contributed by atoms with Gasteiger partial charge in [0.2, 0.25) is 0 Å². The third-order valence-electron chi connectivity index (χ3n) is 3.58. The summed E-state index contributed by atoms with van der Waals surface area (Å²) in [4.78, 5) is 24.9. The fraction of sp³-hybridized carbons (Fsp3) is 0.652. The third-order valence-corrected chi connectivity index (χ3v) is 4.38. The van der Waals surface area contributed by atoms with E-state index in [0.717, 1.165) is 0 Å². The molecule has 1 atom stereocenters. The van der Waals surface area contributed by atoms with Crippen molar-refractivity contribution in [1.82, 2.24) is 5.32 Å². The summed E-state index contributed by atoms with van der Waals surface area (Å²) < 4.78 is 44.5. The molecule has 10 heteroatoms. The van der Waals surface area contributed by atoms with Gasteiger partial charge in [-0.05, 0) is 64.7 Å². The number of benzene rings is 1. The lowest BCUT2D eigenvalue weighted by molar-refractivity contribution is -0.157. The van der Waals surface area contributed by atoms with Crippen molar-refractivity contribution < 1.29 is 35.8 Å². The van der Waals surface area contributed by atoms with E-state index >= 15 is 0 Å². The van der Waals surface area contributed by atoms with Crippen molar-refractivity contribution in [3.05, 3.63) is 29.8 Å². The number of carbonyl (C=O) groups is 2. The van der Waals surface area contributed by atoms with Gasteiger partial charge in [-0.2, -0.15) is 8.42 Å². The Morgan fingerprint density at radius 3 is 1.85 bits per heavy atom. The minimum Gasteiger partial charge on any atom is -0.458 e. The van der Waals surface area contributed by atoms with E-state index in [0.29, 0.717) is 5.56 Å². The highest BCUT2D eigenvalue weighted by atomic mass is 32.3. The van der Waals surface area contributed by atoms with Crippen molar-refractivity contribution in [2.75, 3.05) is 6.61 Å². The zero-order chi connectivity index (χ0) is 25.7. The zero-order valence-electron chi connectivity index (χ0n) is 21.0. The fourth-order valence-electron chi connectivity index (χ4n) is 2.32. The molecule has 0 aliphatic heterocycles. The van der Waals surface area contributed by atoms with Crippen LogP contribution in [0.25, 0.3) is 0 Å². The highest BCUT2D eigenvalue weighted by molar-refractivity contribution is 7.82. The van der Waals surface area contributed by atoms with Crippen LogP contribution < -0.4 is 9.50 Å². The Morgan fingerprint density at radius 2 is 1.39 bits per heavy atom. The van der Waals surface area contributed by atoms with Crippen LogP contribution in [0.5, 0.6) is 5.75 Å². The average Bonchev–Trinajstić information content (AvgIpc) is 2.57. The van der Waals surface area contributed by atoms with Gasteiger partial charge < -0.3 is 19.0 Å². The number of alkyl carbamates (subject to hydrolysis) is 1. The number of nitrogens with one attached hydrogen (secondary N) is 1. The summed E-state index contributed by atoms with van der Waals surface area (Å²) >= 11 is 0. The number of amides is 1. The van der Waals surface area contributed by atoms with Crippen LogP contribution in [0.4, 0.5) is 4.79 Å². The largest absolute Gasteiger partial charge is 0.458 e. The number of esters is 1. The predicted molar refractivity (Wildman–Crippen MR) is 124 cm³/mol. The standard InChI is InChI=1S/C23H37NO8S/c1-21(2,3)15-29-33(27,28)32-17-12-10-16(11-13-17)14-18(19(25)30-22(4,5)6)24-20(26)31-23(7,8)9/h10-13,18H,14-15H2,1-9H3,(H,24,26)/t18-/m0/s1. The average molecular weight is 488 g/mol. The summed E-state index contributed by atoms with van der Waals surface area (Å²) in [6.45, 7) is 15.8. The van der Waals surface area contributed by atoms with E-state index < -0.39 is 39.7 Å². The molecule has 0 saturated heterocycles. The van der Waals surface area contributed by atoms with Crippen LogP contribution in [0.15, 0.2) is 24.3 Å². The molecule has 0 aliphatic rings. The Labute approximate surface area is 197 Å². The first-order chi connectivity index (χ1) is 14.7. The van der Waals surface area contributed by atoms with E-state index in [1.807, 2.05) is 20.8 Å². The van der Waals surface area contributed by atoms with Gasteiger partial charge in [0.15, 0.2) is 0 Å².